The van der Waals surface area contributed by atoms with Crippen LogP contribution in [0, 0.1) is 0 Å². The van der Waals surface area contributed by atoms with E-state index in [1.165, 1.54) is 18.2 Å². The van der Waals surface area contributed by atoms with Gasteiger partial charge in [0.1, 0.15) is 11.5 Å². The molecule has 1 aromatic heterocycles. The van der Waals surface area contributed by atoms with Crippen LogP contribution in [0.1, 0.15) is 35.1 Å². The van der Waals surface area contributed by atoms with Crippen LogP contribution in [0.15, 0.2) is 42.5 Å². The molecule has 0 aliphatic carbocycles. The second-order valence-electron chi connectivity index (χ2n) is 8.39. The summed E-state index contributed by atoms with van der Waals surface area (Å²) in [5, 5.41) is 3.33. The first kappa shape index (κ1) is 22.9. The number of anilines is 2. The molecule has 2 atom stereocenters. The molecular formula is C22H21F3N6O4. The molecule has 184 valence electrons. The number of likely N-dealkylation sites (tertiary alicyclic amines) is 1. The van der Waals surface area contributed by atoms with Crippen LogP contribution >= 0.6 is 0 Å². The van der Waals surface area contributed by atoms with Crippen molar-refractivity contribution in [3.05, 3.63) is 53.9 Å². The lowest BCUT2D eigenvalue weighted by Crippen LogP contribution is -2.45. The maximum Gasteiger partial charge on any atom is 0.493 e. The molecule has 0 saturated carbocycles. The van der Waals surface area contributed by atoms with Gasteiger partial charge in [-0.2, -0.15) is 13.2 Å². The number of piperidine rings is 1. The van der Waals surface area contributed by atoms with Crippen molar-refractivity contribution in [2.24, 2.45) is 0 Å². The van der Waals surface area contributed by atoms with E-state index in [0.717, 1.165) is 29.8 Å². The molecule has 0 radical (unpaired) electrons. The lowest BCUT2D eigenvalue weighted by atomic mass is 9.96. The van der Waals surface area contributed by atoms with Crippen molar-refractivity contribution >= 4 is 34.3 Å². The lowest BCUT2D eigenvalue weighted by molar-refractivity contribution is -0.212. The number of nitrogens with zero attached hydrogens (tertiary/aromatic N) is 3. The van der Waals surface area contributed by atoms with Crippen molar-refractivity contribution in [2.75, 3.05) is 24.3 Å². The summed E-state index contributed by atoms with van der Waals surface area (Å²) in [6.45, 7) is 0.756. The van der Waals surface area contributed by atoms with Crippen LogP contribution in [0.4, 0.5) is 24.5 Å². The Bertz CT molecular complexity index is 1250. The first-order chi connectivity index (χ1) is 16.7. The van der Waals surface area contributed by atoms with E-state index in [4.69, 9.17) is 9.92 Å². The van der Waals surface area contributed by atoms with E-state index in [0.29, 0.717) is 11.6 Å². The average molecular weight is 490 g/mol. The van der Waals surface area contributed by atoms with Gasteiger partial charge in [0, 0.05) is 18.2 Å². The first-order valence-electron chi connectivity index (χ1n) is 10.8. The number of fused-ring (bicyclic) bond motifs is 2. The number of carbonyl (C=O) groups excluding carboxylic acids is 2. The van der Waals surface area contributed by atoms with E-state index in [1.807, 2.05) is 31.3 Å². The largest absolute Gasteiger partial charge is 0.493 e. The van der Waals surface area contributed by atoms with Gasteiger partial charge in [-0.15, -0.1) is 4.94 Å². The molecule has 0 bridgehead atoms. The summed E-state index contributed by atoms with van der Waals surface area (Å²) in [5.74, 6) is -1.95. The molecule has 2 aliphatic rings. The monoisotopic (exact) mass is 490 g/mol. The average Bonchev–Trinajstić information content (AvgIpc) is 3.43. The summed E-state index contributed by atoms with van der Waals surface area (Å²) >= 11 is 0. The number of rotatable bonds is 4. The van der Waals surface area contributed by atoms with Crippen LogP contribution < -0.4 is 16.0 Å². The Morgan fingerprint density at radius 1 is 1.23 bits per heavy atom. The minimum atomic E-state index is -5.18. The minimum absolute atomic E-state index is 0.00610. The highest BCUT2D eigenvalue weighted by molar-refractivity contribution is 5.96. The van der Waals surface area contributed by atoms with Crippen LogP contribution in [0.2, 0.25) is 0 Å². The Hall–Kier alpha value is -3.84. The number of imidazole rings is 1. The number of hydrogen-bond acceptors (Lipinski definition) is 8. The van der Waals surface area contributed by atoms with Gasteiger partial charge in [-0.1, -0.05) is 12.1 Å². The Morgan fingerprint density at radius 3 is 2.80 bits per heavy atom. The molecule has 0 spiro atoms. The summed E-state index contributed by atoms with van der Waals surface area (Å²) in [7, 11) is 2.01. The van der Waals surface area contributed by atoms with Gasteiger partial charge in [0.05, 0.1) is 22.8 Å². The highest BCUT2D eigenvalue weighted by Gasteiger charge is 2.44. The quantitative estimate of drug-likeness (QED) is 0.511. The molecular weight excluding hydrogens is 469 g/mol. The summed E-state index contributed by atoms with van der Waals surface area (Å²) in [4.78, 5) is 43.2. The topological polar surface area (TPSA) is 112 Å². The molecule has 0 unspecified atom stereocenters. The van der Waals surface area contributed by atoms with E-state index < -0.39 is 12.1 Å². The molecule has 1 amide bonds. The molecule has 1 fully saturated rings. The van der Waals surface area contributed by atoms with E-state index in [1.54, 1.807) is 0 Å². The van der Waals surface area contributed by atoms with Crippen LogP contribution in [0.25, 0.3) is 11.0 Å². The summed E-state index contributed by atoms with van der Waals surface area (Å²) in [6, 6.07) is 11.8. The lowest BCUT2D eigenvalue weighted by Gasteiger charge is -2.36. The summed E-state index contributed by atoms with van der Waals surface area (Å²) < 4.78 is 37.3. The molecule has 3 N–H and O–H groups in total. The van der Waals surface area contributed by atoms with Crippen LogP contribution in [-0.2, 0) is 14.6 Å². The Balaban J connectivity index is 1.25. The minimum Gasteiger partial charge on any atom is -0.349 e. The van der Waals surface area contributed by atoms with Gasteiger partial charge in [0.15, 0.2) is 0 Å². The predicted molar refractivity (Wildman–Crippen MR) is 118 cm³/mol. The molecule has 10 nitrogen and oxygen atoms in total. The van der Waals surface area contributed by atoms with Crippen molar-refractivity contribution in [1.29, 1.82) is 0 Å². The predicted octanol–water partition coefficient (Wildman–Crippen LogP) is 3.23. The number of amides is 1. The van der Waals surface area contributed by atoms with Crippen LogP contribution in [0.3, 0.4) is 0 Å². The number of nitrogens with one attached hydrogen (secondary N) is 3. The number of halogens is 3. The zero-order chi connectivity index (χ0) is 24.7. The second kappa shape index (κ2) is 8.74. The van der Waals surface area contributed by atoms with Crippen molar-refractivity contribution in [1.82, 2.24) is 20.2 Å². The second-order valence-corrected chi connectivity index (χ2v) is 8.39. The van der Waals surface area contributed by atoms with Crippen LogP contribution in [0.5, 0.6) is 0 Å². The number of aromatic nitrogens is 2. The van der Waals surface area contributed by atoms with Crippen molar-refractivity contribution in [3.63, 3.8) is 0 Å². The Kier molecular flexibility index (Phi) is 5.73. The molecule has 1 saturated heterocycles. The molecule has 5 rings (SSSR count). The number of H-pyrrole nitrogens is 1. The Morgan fingerprint density at radius 2 is 2.03 bits per heavy atom. The highest BCUT2D eigenvalue weighted by atomic mass is 19.4. The fraction of sp³-hybridized carbons (Fsp3) is 0.318. The van der Waals surface area contributed by atoms with Gasteiger partial charge in [-0.25, -0.2) is 15.3 Å². The van der Waals surface area contributed by atoms with Gasteiger partial charge in [-0.05, 0) is 55.4 Å². The Labute approximate surface area is 196 Å². The number of carbonyl (C=O) groups is 2. The maximum atomic E-state index is 12.9. The third kappa shape index (κ3) is 4.59. The maximum absolute atomic E-state index is 12.9. The fourth-order valence-electron chi connectivity index (χ4n) is 4.19. The van der Waals surface area contributed by atoms with Gasteiger partial charge in [0.25, 0.3) is 5.91 Å². The first-order valence-corrected chi connectivity index (χ1v) is 10.8. The molecule has 2 aromatic carbocycles. The number of aromatic amines is 1. The van der Waals surface area contributed by atoms with E-state index >= 15 is 0 Å². The van der Waals surface area contributed by atoms with Crippen molar-refractivity contribution in [2.45, 2.75) is 31.1 Å². The van der Waals surface area contributed by atoms with Gasteiger partial charge >= 0.3 is 12.1 Å². The zero-order valence-electron chi connectivity index (χ0n) is 18.4. The molecule has 35 heavy (non-hydrogen) atoms. The number of benzene rings is 2. The third-order valence-corrected chi connectivity index (χ3v) is 6.02. The van der Waals surface area contributed by atoms with E-state index in [-0.39, 0.29) is 34.9 Å². The van der Waals surface area contributed by atoms with E-state index in [2.05, 4.69) is 25.5 Å². The molecule has 2 aliphatic heterocycles. The normalized spacial score (nSPS) is 20.4. The molecule has 3 aromatic rings. The standard InChI is InChI=1S/C22H21F3N6O4/c1-30-9-8-13(11-18(30)19-27-14-4-2-3-5-15(14)28-19)26-20(32)12-6-7-17-16(10-12)29-35-31(17)34-21(33)22(23,24)25/h2-7,10,13,18,29H,8-9,11H2,1H3,(H,26,32)(H,27,28)/t13-,18-/m1/s1. The van der Waals surface area contributed by atoms with Gasteiger partial charge in [-0.3, -0.25) is 9.69 Å². The van der Waals surface area contributed by atoms with Crippen molar-refractivity contribution < 1.29 is 32.5 Å². The third-order valence-electron chi connectivity index (χ3n) is 6.02. The van der Waals surface area contributed by atoms with Gasteiger partial charge in [0.2, 0.25) is 0 Å². The molecule has 3 heterocycles. The fourth-order valence-corrected chi connectivity index (χ4v) is 4.19. The summed E-state index contributed by atoms with van der Waals surface area (Å²) in [5.41, 5.74) is 4.62. The van der Waals surface area contributed by atoms with Crippen LogP contribution in [-0.4, -0.2) is 52.6 Å². The van der Waals surface area contributed by atoms with E-state index in [9.17, 15) is 22.8 Å². The summed E-state index contributed by atoms with van der Waals surface area (Å²) in [6.07, 6.45) is -3.79. The molecule has 13 heteroatoms. The smallest absolute Gasteiger partial charge is 0.349 e. The number of para-hydroxylation sites is 2. The van der Waals surface area contributed by atoms with Gasteiger partial charge < -0.3 is 15.1 Å². The van der Waals surface area contributed by atoms with Crippen molar-refractivity contribution in [3.8, 4) is 0 Å². The zero-order valence-corrected chi connectivity index (χ0v) is 18.4. The number of alkyl halides is 3. The highest BCUT2D eigenvalue weighted by Crippen LogP contribution is 2.34. The number of hydrogen-bond donors (Lipinski definition) is 3. The SMILES string of the molecule is CN1CC[C@@H](NC(=O)c2ccc3c(c2)NON3OC(=O)C(F)(F)F)C[C@@H]1c1nc2ccccc2[nH]1.